The number of rotatable bonds is 3. The molecule has 1 aromatic rings. The van der Waals surface area contributed by atoms with Crippen LogP contribution in [0.2, 0.25) is 0 Å². The van der Waals surface area contributed by atoms with E-state index in [1.165, 1.54) is 0 Å². The van der Waals surface area contributed by atoms with Crippen LogP contribution in [-0.2, 0) is 16.1 Å². The molecule has 0 spiro atoms. The van der Waals surface area contributed by atoms with Crippen LogP contribution in [0.25, 0.3) is 0 Å². The number of hydrogen-bond acceptors (Lipinski definition) is 6. The Morgan fingerprint density at radius 2 is 1.76 bits per heavy atom. The summed E-state index contributed by atoms with van der Waals surface area (Å²) >= 11 is 0. The van der Waals surface area contributed by atoms with Gasteiger partial charge in [0.2, 0.25) is 0 Å². The summed E-state index contributed by atoms with van der Waals surface area (Å²) in [6.45, 7) is 9.66. The second-order valence-electron chi connectivity index (χ2n) is 6.47. The number of aromatic nitrogens is 2. The maximum Gasteiger partial charge on any atom is 0.311 e. The predicted octanol–water partition coefficient (Wildman–Crippen LogP) is 1.32. The van der Waals surface area contributed by atoms with E-state index in [2.05, 4.69) is 26.8 Å². The van der Waals surface area contributed by atoms with Gasteiger partial charge < -0.3 is 14.5 Å². The number of nitrogens with zero attached hydrogens (tertiary/aromatic N) is 4. The Labute approximate surface area is 126 Å². The summed E-state index contributed by atoms with van der Waals surface area (Å²) in [4.78, 5) is 24.8. The number of likely N-dealkylation sites (N-methyl/N-ethyl adjacent to an activating group) is 1. The second-order valence-corrected chi connectivity index (χ2v) is 6.47. The highest BCUT2D eigenvalue weighted by Gasteiger charge is 2.23. The minimum absolute atomic E-state index is 0.124. The van der Waals surface area contributed by atoms with E-state index < -0.39 is 5.41 Å². The van der Waals surface area contributed by atoms with Crippen LogP contribution in [0.15, 0.2) is 12.4 Å². The van der Waals surface area contributed by atoms with Crippen molar-refractivity contribution in [3.63, 3.8) is 0 Å². The number of ether oxygens (including phenoxy) is 1. The van der Waals surface area contributed by atoms with E-state index in [9.17, 15) is 4.79 Å². The van der Waals surface area contributed by atoms with Gasteiger partial charge in [-0.3, -0.25) is 4.79 Å². The van der Waals surface area contributed by atoms with Crippen LogP contribution in [0.5, 0.6) is 0 Å². The Balaban J connectivity index is 1.89. The number of hydrogen-bond donors (Lipinski definition) is 0. The highest BCUT2D eigenvalue weighted by Crippen LogP contribution is 2.17. The van der Waals surface area contributed by atoms with Gasteiger partial charge in [0.25, 0.3) is 0 Å². The topological polar surface area (TPSA) is 58.6 Å². The van der Waals surface area contributed by atoms with E-state index in [0.29, 0.717) is 5.82 Å². The van der Waals surface area contributed by atoms with Crippen molar-refractivity contribution in [2.24, 2.45) is 5.41 Å². The molecule has 1 saturated heterocycles. The molecular weight excluding hydrogens is 268 g/mol. The molecule has 116 valence electrons. The number of carbonyl (C=O) groups excluding carboxylic acids is 1. The van der Waals surface area contributed by atoms with Crippen molar-refractivity contribution in [3.8, 4) is 0 Å². The molecule has 0 amide bonds. The average Bonchev–Trinajstić information content (AvgIpc) is 2.45. The van der Waals surface area contributed by atoms with Gasteiger partial charge in [-0.15, -0.1) is 0 Å². The molecule has 2 heterocycles. The lowest BCUT2D eigenvalue weighted by molar-refractivity contribution is -0.154. The standard InChI is InChI=1S/C15H24N4O2/c1-15(2,3)14(20)21-11-13-16-9-12(10-17-13)19-7-5-18(4)6-8-19/h9-10H,5-8,11H2,1-4H3. The summed E-state index contributed by atoms with van der Waals surface area (Å²) in [7, 11) is 2.13. The first-order valence-corrected chi connectivity index (χ1v) is 7.28. The van der Waals surface area contributed by atoms with E-state index in [-0.39, 0.29) is 12.6 Å². The molecule has 0 saturated carbocycles. The zero-order chi connectivity index (χ0) is 15.5. The third kappa shape index (κ3) is 4.39. The summed E-state index contributed by atoms with van der Waals surface area (Å²) < 4.78 is 5.21. The Hall–Kier alpha value is -1.69. The number of carbonyl (C=O) groups is 1. The molecule has 0 bridgehead atoms. The molecule has 1 aliphatic rings. The SMILES string of the molecule is CN1CCN(c2cnc(COC(=O)C(C)(C)C)nc2)CC1. The Morgan fingerprint density at radius 1 is 1.19 bits per heavy atom. The van der Waals surface area contributed by atoms with Gasteiger partial charge in [0.05, 0.1) is 23.5 Å². The van der Waals surface area contributed by atoms with Crippen LogP contribution in [0.1, 0.15) is 26.6 Å². The van der Waals surface area contributed by atoms with Crippen molar-refractivity contribution in [1.29, 1.82) is 0 Å². The van der Waals surface area contributed by atoms with Gasteiger partial charge in [-0.25, -0.2) is 9.97 Å². The van der Waals surface area contributed by atoms with Crippen molar-refractivity contribution in [1.82, 2.24) is 14.9 Å². The van der Waals surface area contributed by atoms with E-state index in [1.807, 2.05) is 20.8 Å². The van der Waals surface area contributed by atoms with E-state index in [0.717, 1.165) is 31.9 Å². The molecule has 0 N–H and O–H groups in total. The van der Waals surface area contributed by atoms with Crippen LogP contribution < -0.4 is 4.90 Å². The normalized spacial score (nSPS) is 16.9. The van der Waals surface area contributed by atoms with Crippen molar-refractivity contribution >= 4 is 11.7 Å². The minimum Gasteiger partial charge on any atom is -0.457 e. The van der Waals surface area contributed by atoms with Gasteiger partial charge in [0.15, 0.2) is 12.4 Å². The largest absolute Gasteiger partial charge is 0.457 e. The van der Waals surface area contributed by atoms with Gasteiger partial charge in [-0.1, -0.05) is 0 Å². The lowest BCUT2D eigenvalue weighted by atomic mass is 9.97. The molecule has 0 aromatic carbocycles. The zero-order valence-corrected chi connectivity index (χ0v) is 13.3. The van der Waals surface area contributed by atoms with Crippen molar-refractivity contribution in [2.75, 3.05) is 38.1 Å². The molecule has 1 fully saturated rings. The molecule has 21 heavy (non-hydrogen) atoms. The highest BCUT2D eigenvalue weighted by atomic mass is 16.5. The molecule has 0 radical (unpaired) electrons. The number of anilines is 1. The first-order valence-electron chi connectivity index (χ1n) is 7.28. The van der Waals surface area contributed by atoms with Gasteiger partial charge in [0.1, 0.15) is 0 Å². The molecule has 0 atom stereocenters. The average molecular weight is 292 g/mol. The quantitative estimate of drug-likeness (QED) is 0.783. The van der Waals surface area contributed by atoms with Gasteiger partial charge in [0, 0.05) is 26.2 Å². The van der Waals surface area contributed by atoms with Crippen LogP contribution >= 0.6 is 0 Å². The van der Waals surface area contributed by atoms with Crippen LogP contribution in [0.4, 0.5) is 5.69 Å². The van der Waals surface area contributed by atoms with Gasteiger partial charge in [-0.05, 0) is 27.8 Å². The first kappa shape index (κ1) is 15.7. The Morgan fingerprint density at radius 3 is 2.29 bits per heavy atom. The van der Waals surface area contributed by atoms with Gasteiger partial charge in [-0.2, -0.15) is 0 Å². The summed E-state index contributed by atoms with van der Waals surface area (Å²) in [5.74, 6) is 0.291. The Bertz CT molecular complexity index is 473. The molecule has 6 nitrogen and oxygen atoms in total. The lowest BCUT2D eigenvalue weighted by Crippen LogP contribution is -2.44. The highest BCUT2D eigenvalue weighted by molar-refractivity contribution is 5.75. The maximum absolute atomic E-state index is 11.7. The fourth-order valence-electron chi connectivity index (χ4n) is 2.00. The fraction of sp³-hybridized carbons (Fsp3) is 0.667. The number of esters is 1. The molecular formula is C15H24N4O2. The summed E-state index contributed by atoms with van der Waals surface area (Å²) in [5, 5.41) is 0. The van der Waals surface area contributed by atoms with E-state index in [4.69, 9.17) is 4.74 Å². The van der Waals surface area contributed by atoms with Crippen molar-refractivity contribution < 1.29 is 9.53 Å². The summed E-state index contributed by atoms with van der Waals surface area (Å²) in [6.07, 6.45) is 3.61. The second kappa shape index (κ2) is 6.39. The lowest BCUT2D eigenvalue weighted by Gasteiger charge is -2.33. The molecule has 2 rings (SSSR count). The molecule has 6 heteroatoms. The minimum atomic E-state index is -0.500. The monoisotopic (exact) mass is 292 g/mol. The Kier molecular flexibility index (Phi) is 4.77. The van der Waals surface area contributed by atoms with E-state index >= 15 is 0 Å². The van der Waals surface area contributed by atoms with Crippen LogP contribution in [0, 0.1) is 5.41 Å². The number of piperazine rings is 1. The fourth-order valence-corrected chi connectivity index (χ4v) is 2.00. The maximum atomic E-state index is 11.7. The first-order chi connectivity index (χ1) is 9.86. The smallest absolute Gasteiger partial charge is 0.311 e. The predicted molar refractivity (Wildman–Crippen MR) is 81.0 cm³/mol. The van der Waals surface area contributed by atoms with E-state index in [1.54, 1.807) is 12.4 Å². The molecule has 1 aliphatic heterocycles. The van der Waals surface area contributed by atoms with Crippen LogP contribution in [0.3, 0.4) is 0 Å². The molecule has 1 aromatic heterocycles. The third-order valence-corrected chi connectivity index (χ3v) is 3.50. The summed E-state index contributed by atoms with van der Waals surface area (Å²) in [6, 6.07) is 0. The van der Waals surface area contributed by atoms with Crippen molar-refractivity contribution in [2.45, 2.75) is 27.4 Å². The van der Waals surface area contributed by atoms with Crippen LogP contribution in [-0.4, -0.2) is 54.1 Å². The zero-order valence-electron chi connectivity index (χ0n) is 13.3. The summed E-state index contributed by atoms with van der Waals surface area (Å²) in [5.41, 5.74) is 0.522. The van der Waals surface area contributed by atoms with Gasteiger partial charge >= 0.3 is 5.97 Å². The third-order valence-electron chi connectivity index (χ3n) is 3.50. The van der Waals surface area contributed by atoms with Crippen molar-refractivity contribution in [3.05, 3.63) is 18.2 Å². The molecule has 0 aliphatic carbocycles. The molecule has 0 unspecified atom stereocenters.